The lowest BCUT2D eigenvalue weighted by atomic mass is 10.2. The Morgan fingerprint density at radius 1 is 1.18 bits per heavy atom. The summed E-state index contributed by atoms with van der Waals surface area (Å²) in [5.74, 6) is 0.293. The van der Waals surface area contributed by atoms with Gasteiger partial charge in [0.25, 0.3) is 5.69 Å². The van der Waals surface area contributed by atoms with Gasteiger partial charge in [0, 0.05) is 22.0 Å². The fourth-order valence-corrected chi connectivity index (χ4v) is 5.20. The van der Waals surface area contributed by atoms with E-state index in [-0.39, 0.29) is 18.1 Å². The Balaban J connectivity index is 1.41. The number of ether oxygens (including phenoxy) is 1. The van der Waals surface area contributed by atoms with Gasteiger partial charge in [0.2, 0.25) is 0 Å². The van der Waals surface area contributed by atoms with Crippen LogP contribution >= 0.6 is 54.5 Å². The zero-order valence-electron chi connectivity index (χ0n) is 17.1. The number of amides is 1. The summed E-state index contributed by atoms with van der Waals surface area (Å²) in [6.45, 7) is 0.174. The van der Waals surface area contributed by atoms with Crippen molar-refractivity contribution in [1.29, 1.82) is 0 Å². The van der Waals surface area contributed by atoms with Gasteiger partial charge in [-0.2, -0.15) is 5.10 Å². The fourth-order valence-electron chi connectivity index (χ4n) is 3.05. The molecule has 11 heteroatoms. The van der Waals surface area contributed by atoms with Crippen molar-refractivity contribution in [2.24, 2.45) is 5.10 Å². The molecule has 1 heterocycles. The Hall–Kier alpha value is -2.77. The van der Waals surface area contributed by atoms with E-state index in [4.69, 9.17) is 9.15 Å². The summed E-state index contributed by atoms with van der Waals surface area (Å²) in [5, 5.41) is 15.8. The van der Waals surface area contributed by atoms with Gasteiger partial charge in [-0.15, -0.1) is 0 Å². The number of carbonyl (C=O) groups excluding carboxylic acids is 1. The second kappa shape index (κ2) is 10.7. The number of non-ortho nitro benzene ring substituents is 1. The van der Waals surface area contributed by atoms with E-state index in [1.165, 1.54) is 18.3 Å². The molecule has 8 nitrogen and oxygen atoms in total. The summed E-state index contributed by atoms with van der Waals surface area (Å²) in [6, 6.07) is 17.0. The first-order valence-electron chi connectivity index (χ1n) is 9.68. The van der Waals surface area contributed by atoms with Crippen LogP contribution in [0.5, 0.6) is 5.75 Å². The molecule has 3 aromatic carbocycles. The maximum Gasteiger partial charge on any atom is 0.307 e. The first-order valence-corrected chi connectivity index (χ1v) is 12.3. The topological polar surface area (TPSA) is 107 Å². The number of nitro groups is 1. The van der Waals surface area contributed by atoms with Gasteiger partial charge in [0.1, 0.15) is 17.9 Å². The van der Waals surface area contributed by atoms with Crippen molar-refractivity contribution < 1.29 is 18.9 Å². The highest BCUT2D eigenvalue weighted by atomic mass is 127. The molecular formula is C23H14Br2IN3O5. The third-order valence-corrected chi connectivity index (χ3v) is 6.49. The van der Waals surface area contributed by atoms with Crippen LogP contribution in [0, 0.1) is 13.7 Å². The molecule has 0 aliphatic carbocycles. The minimum Gasteiger partial charge on any atom is -0.487 e. The minimum absolute atomic E-state index is 0.0130. The molecular weight excluding hydrogens is 685 g/mol. The number of nitrogens with zero attached hydrogens (tertiary/aromatic N) is 2. The number of hydrazone groups is 1. The quantitative estimate of drug-likeness (QED) is 0.0988. The first-order chi connectivity index (χ1) is 16.3. The standard InChI is InChI=1S/C23H14Br2IN3O5/c24-16-4-5-20-15(9-16)10-21(34-20)23(30)28-27-11-14-7-18(25)22(19(26)8-14)33-12-13-2-1-3-17(6-13)29(31)32/h1-11H,12H2,(H,28,30)/b27-11+. The number of fused-ring (bicyclic) bond motifs is 1. The van der Waals surface area contributed by atoms with E-state index in [0.717, 1.165) is 19.0 Å². The number of hydrogen-bond donors (Lipinski definition) is 1. The lowest BCUT2D eigenvalue weighted by Crippen LogP contribution is -2.16. The number of hydrogen-bond acceptors (Lipinski definition) is 6. The van der Waals surface area contributed by atoms with Crippen molar-refractivity contribution in [3.63, 3.8) is 0 Å². The van der Waals surface area contributed by atoms with Gasteiger partial charge in [0.05, 0.1) is 19.2 Å². The fraction of sp³-hybridized carbons (Fsp3) is 0.0435. The summed E-state index contributed by atoms with van der Waals surface area (Å²) < 4.78 is 13.8. The van der Waals surface area contributed by atoms with Crippen molar-refractivity contribution in [1.82, 2.24) is 5.43 Å². The first kappa shape index (κ1) is 24.4. The normalized spacial score (nSPS) is 11.1. The van der Waals surface area contributed by atoms with Gasteiger partial charge >= 0.3 is 5.91 Å². The average Bonchev–Trinajstić information content (AvgIpc) is 3.22. The molecule has 0 aliphatic rings. The van der Waals surface area contributed by atoms with E-state index in [2.05, 4.69) is 65.0 Å². The molecule has 4 aromatic rings. The maximum atomic E-state index is 12.4. The number of halogens is 3. The highest BCUT2D eigenvalue weighted by Gasteiger charge is 2.13. The summed E-state index contributed by atoms with van der Waals surface area (Å²) in [6.07, 6.45) is 1.51. The summed E-state index contributed by atoms with van der Waals surface area (Å²) in [7, 11) is 0. The number of benzene rings is 3. The van der Waals surface area contributed by atoms with Crippen LogP contribution in [-0.4, -0.2) is 17.0 Å². The van der Waals surface area contributed by atoms with E-state index in [1.807, 2.05) is 18.2 Å². The van der Waals surface area contributed by atoms with E-state index >= 15 is 0 Å². The van der Waals surface area contributed by atoms with Crippen LogP contribution in [0.2, 0.25) is 0 Å². The molecule has 1 aromatic heterocycles. The summed E-state index contributed by atoms with van der Waals surface area (Å²) in [5.41, 5.74) is 4.49. The molecule has 0 radical (unpaired) electrons. The van der Waals surface area contributed by atoms with E-state index in [0.29, 0.717) is 21.4 Å². The second-order valence-corrected chi connectivity index (χ2v) is 9.95. The molecule has 0 fully saturated rings. The van der Waals surface area contributed by atoms with Crippen LogP contribution < -0.4 is 10.2 Å². The molecule has 0 saturated heterocycles. The Bertz CT molecular complexity index is 1410. The molecule has 0 spiro atoms. The number of furan rings is 1. The van der Waals surface area contributed by atoms with Gasteiger partial charge in [-0.25, -0.2) is 5.43 Å². The van der Waals surface area contributed by atoms with Crippen LogP contribution in [0.15, 0.2) is 79.1 Å². The highest BCUT2D eigenvalue weighted by Crippen LogP contribution is 2.32. The van der Waals surface area contributed by atoms with Gasteiger partial charge < -0.3 is 9.15 Å². The maximum absolute atomic E-state index is 12.4. The zero-order valence-corrected chi connectivity index (χ0v) is 22.5. The minimum atomic E-state index is -0.464. The van der Waals surface area contributed by atoms with Crippen molar-refractivity contribution in [3.05, 3.63) is 100 Å². The van der Waals surface area contributed by atoms with Crippen LogP contribution in [0.1, 0.15) is 21.7 Å². The van der Waals surface area contributed by atoms with E-state index < -0.39 is 10.8 Å². The zero-order chi connectivity index (χ0) is 24.2. The van der Waals surface area contributed by atoms with E-state index in [1.54, 1.807) is 30.3 Å². The van der Waals surface area contributed by atoms with Crippen molar-refractivity contribution in [3.8, 4) is 5.75 Å². The Kier molecular flexibility index (Phi) is 7.63. The monoisotopic (exact) mass is 697 g/mol. The molecule has 0 unspecified atom stereocenters. The third kappa shape index (κ3) is 5.83. The lowest BCUT2D eigenvalue weighted by molar-refractivity contribution is -0.384. The molecule has 34 heavy (non-hydrogen) atoms. The SMILES string of the molecule is O=C(N/N=C/c1cc(Br)c(OCc2cccc([N+](=O)[O-])c2)c(I)c1)c1cc2cc(Br)ccc2o1. The molecule has 0 bridgehead atoms. The van der Waals surface area contributed by atoms with Crippen LogP contribution in [-0.2, 0) is 6.61 Å². The third-order valence-electron chi connectivity index (χ3n) is 4.61. The largest absolute Gasteiger partial charge is 0.487 e. The second-order valence-electron chi connectivity index (χ2n) is 7.02. The van der Waals surface area contributed by atoms with Crippen LogP contribution in [0.25, 0.3) is 11.0 Å². The number of carbonyl (C=O) groups is 1. The van der Waals surface area contributed by atoms with Gasteiger partial charge in [-0.3, -0.25) is 14.9 Å². The number of nitro benzene ring substituents is 1. The summed E-state index contributed by atoms with van der Waals surface area (Å²) >= 11 is 9.00. The van der Waals surface area contributed by atoms with E-state index in [9.17, 15) is 14.9 Å². The predicted octanol–water partition coefficient (Wildman–Crippen LogP) is 6.81. The van der Waals surface area contributed by atoms with Crippen LogP contribution in [0.4, 0.5) is 5.69 Å². The highest BCUT2D eigenvalue weighted by molar-refractivity contribution is 14.1. The Labute approximate surface area is 223 Å². The number of rotatable bonds is 7. The Morgan fingerprint density at radius 3 is 2.76 bits per heavy atom. The molecule has 0 atom stereocenters. The summed E-state index contributed by atoms with van der Waals surface area (Å²) in [4.78, 5) is 22.9. The van der Waals surface area contributed by atoms with Crippen molar-refractivity contribution >= 4 is 83.2 Å². The molecule has 1 amide bonds. The molecule has 1 N–H and O–H groups in total. The van der Waals surface area contributed by atoms with Gasteiger partial charge in [0.15, 0.2) is 5.76 Å². The van der Waals surface area contributed by atoms with Crippen molar-refractivity contribution in [2.45, 2.75) is 6.61 Å². The molecule has 0 aliphatic heterocycles. The molecule has 172 valence electrons. The predicted molar refractivity (Wildman–Crippen MR) is 143 cm³/mol. The van der Waals surface area contributed by atoms with Crippen molar-refractivity contribution in [2.75, 3.05) is 0 Å². The van der Waals surface area contributed by atoms with Crippen LogP contribution in [0.3, 0.4) is 0 Å². The Morgan fingerprint density at radius 2 is 2.00 bits per heavy atom. The molecule has 4 rings (SSSR count). The average molecular weight is 699 g/mol. The van der Waals surface area contributed by atoms with Gasteiger partial charge in [-0.1, -0.05) is 28.1 Å². The lowest BCUT2D eigenvalue weighted by Gasteiger charge is -2.11. The number of nitrogens with one attached hydrogen (secondary N) is 1. The smallest absolute Gasteiger partial charge is 0.307 e. The van der Waals surface area contributed by atoms with Gasteiger partial charge in [-0.05, 0) is 86.0 Å². The molecule has 0 saturated carbocycles.